The average molecular weight is 228 g/mol. The molecule has 0 saturated carbocycles. The predicted molar refractivity (Wildman–Crippen MR) is 67.9 cm³/mol. The fraction of sp³-hybridized carbons (Fsp3) is 0.333. The van der Waals surface area contributed by atoms with E-state index in [0.29, 0.717) is 5.56 Å². The number of carbonyl (C=O) groups is 2. The summed E-state index contributed by atoms with van der Waals surface area (Å²) in [5.74, 6) is 0. The van der Waals surface area contributed by atoms with Crippen LogP contribution in [0.3, 0.4) is 0 Å². The maximum absolute atomic E-state index is 11.1. The van der Waals surface area contributed by atoms with Gasteiger partial charge in [0, 0.05) is 5.56 Å². The maximum atomic E-state index is 11.1. The van der Waals surface area contributed by atoms with Gasteiger partial charge in [-0.15, -0.1) is 0 Å². The Morgan fingerprint density at radius 2 is 1.65 bits per heavy atom. The highest BCUT2D eigenvalue weighted by atomic mass is 16.1. The monoisotopic (exact) mass is 228 g/mol. The molecule has 0 unspecified atom stereocenters. The van der Waals surface area contributed by atoms with Crippen LogP contribution in [0, 0.1) is 0 Å². The third-order valence-electron chi connectivity index (χ3n) is 3.32. The Labute approximate surface area is 101 Å². The zero-order chi connectivity index (χ0) is 12.1. The molecule has 17 heavy (non-hydrogen) atoms. The van der Waals surface area contributed by atoms with Crippen molar-refractivity contribution in [2.45, 2.75) is 32.1 Å². The zero-order valence-electron chi connectivity index (χ0n) is 9.82. The first-order chi connectivity index (χ1) is 8.36. The van der Waals surface area contributed by atoms with E-state index in [1.54, 1.807) is 0 Å². The third-order valence-corrected chi connectivity index (χ3v) is 3.32. The van der Waals surface area contributed by atoms with Crippen LogP contribution in [0.15, 0.2) is 29.8 Å². The summed E-state index contributed by atoms with van der Waals surface area (Å²) in [5.41, 5.74) is 3.56. The van der Waals surface area contributed by atoms with Crippen molar-refractivity contribution < 1.29 is 9.59 Å². The molecule has 0 spiro atoms. The van der Waals surface area contributed by atoms with Gasteiger partial charge in [0.1, 0.15) is 6.29 Å². The Kier molecular flexibility index (Phi) is 3.86. The van der Waals surface area contributed by atoms with Gasteiger partial charge < -0.3 is 0 Å². The minimum absolute atomic E-state index is 0.684. The fourth-order valence-electron chi connectivity index (χ4n) is 2.42. The van der Waals surface area contributed by atoms with E-state index >= 15 is 0 Å². The highest BCUT2D eigenvalue weighted by Crippen LogP contribution is 2.31. The molecule has 88 valence electrons. The normalized spacial score (nSPS) is 16.5. The van der Waals surface area contributed by atoms with Gasteiger partial charge in [-0.3, -0.25) is 9.59 Å². The summed E-state index contributed by atoms with van der Waals surface area (Å²) in [6.45, 7) is 0. The molecular formula is C15H16O2. The molecule has 0 N–H and O–H groups in total. The molecule has 2 heteroatoms. The molecule has 0 radical (unpaired) electrons. The summed E-state index contributed by atoms with van der Waals surface area (Å²) in [5, 5.41) is 0. The van der Waals surface area contributed by atoms with Crippen LogP contribution in [0.25, 0.3) is 5.57 Å². The molecule has 0 atom stereocenters. The Morgan fingerprint density at radius 1 is 0.882 bits per heavy atom. The first-order valence-electron chi connectivity index (χ1n) is 6.08. The Morgan fingerprint density at radius 3 is 2.41 bits per heavy atom. The van der Waals surface area contributed by atoms with Gasteiger partial charge >= 0.3 is 0 Å². The quantitative estimate of drug-likeness (QED) is 0.743. The van der Waals surface area contributed by atoms with Crippen LogP contribution in [-0.2, 0) is 4.79 Å². The van der Waals surface area contributed by atoms with E-state index in [0.717, 1.165) is 61.4 Å². The van der Waals surface area contributed by atoms with E-state index < -0.39 is 0 Å². The van der Waals surface area contributed by atoms with Crippen molar-refractivity contribution in [1.29, 1.82) is 0 Å². The molecule has 0 aromatic heterocycles. The summed E-state index contributed by atoms with van der Waals surface area (Å²) >= 11 is 0. The van der Waals surface area contributed by atoms with Gasteiger partial charge in [0.05, 0.1) is 0 Å². The number of allylic oxidation sites excluding steroid dienone is 2. The van der Waals surface area contributed by atoms with Crippen molar-refractivity contribution in [3.8, 4) is 0 Å². The van der Waals surface area contributed by atoms with Crippen molar-refractivity contribution in [3.63, 3.8) is 0 Å². The number of hydrogen-bond acceptors (Lipinski definition) is 2. The number of carbonyl (C=O) groups excluding carboxylic acids is 2. The van der Waals surface area contributed by atoms with E-state index in [9.17, 15) is 9.59 Å². The molecule has 1 aromatic carbocycles. The van der Waals surface area contributed by atoms with Crippen LogP contribution in [-0.4, -0.2) is 12.6 Å². The largest absolute Gasteiger partial charge is 0.298 e. The number of aldehydes is 2. The summed E-state index contributed by atoms with van der Waals surface area (Å²) in [6, 6.07) is 7.52. The van der Waals surface area contributed by atoms with Crippen LogP contribution >= 0.6 is 0 Å². The summed E-state index contributed by atoms with van der Waals surface area (Å²) in [7, 11) is 0. The number of rotatable bonds is 3. The molecule has 2 rings (SSSR count). The highest BCUT2D eigenvalue weighted by Gasteiger charge is 2.14. The highest BCUT2D eigenvalue weighted by molar-refractivity contribution is 5.93. The molecule has 0 amide bonds. The first-order valence-corrected chi connectivity index (χ1v) is 6.08. The van der Waals surface area contributed by atoms with Gasteiger partial charge in [0.25, 0.3) is 0 Å². The number of benzene rings is 1. The van der Waals surface area contributed by atoms with Crippen molar-refractivity contribution in [2.75, 3.05) is 0 Å². The second kappa shape index (κ2) is 5.58. The zero-order valence-corrected chi connectivity index (χ0v) is 9.82. The molecule has 2 nitrogen and oxygen atoms in total. The molecule has 1 aliphatic rings. The van der Waals surface area contributed by atoms with Crippen LogP contribution in [0.2, 0.25) is 0 Å². The van der Waals surface area contributed by atoms with Gasteiger partial charge in [-0.2, -0.15) is 0 Å². The van der Waals surface area contributed by atoms with Gasteiger partial charge in [-0.05, 0) is 42.4 Å². The summed E-state index contributed by atoms with van der Waals surface area (Å²) < 4.78 is 0. The van der Waals surface area contributed by atoms with Crippen molar-refractivity contribution in [2.24, 2.45) is 0 Å². The van der Waals surface area contributed by atoms with Crippen molar-refractivity contribution in [1.82, 2.24) is 0 Å². The standard InChI is InChI=1S/C15H16O2/c16-10-12-6-2-1-3-8-14(12)15-9-5-4-7-13(15)11-17/h4-5,7,9-11H,1-3,6,8H2. The number of hydrogen-bond donors (Lipinski definition) is 0. The predicted octanol–water partition coefficient (Wildman–Crippen LogP) is 3.42. The smallest absolute Gasteiger partial charge is 0.150 e. The average Bonchev–Trinajstić information content (AvgIpc) is 2.63. The van der Waals surface area contributed by atoms with Gasteiger partial charge in [-0.25, -0.2) is 0 Å². The lowest BCUT2D eigenvalue weighted by molar-refractivity contribution is -0.105. The van der Waals surface area contributed by atoms with Gasteiger partial charge in [0.15, 0.2) is 6.29 Å². The van der Waals surface area contributed by atoms with E-state index in [1.807, 2.05) is 24.3 Å². The molecule has 1 aromatic rings. The Balaban J connectivity index is 2.51. The lowest BCUT2D eigenvalue weighted by Crippen LogP contribution is -1.96. The molecule has 0 fully saturated rings. The van der Waals surface area contributed by atoms with Crippen LogP contribution in [0.5, 0.6) is 0 Å². The van der Waals surface area contributed by atoms with Crippen LogP contribution in [0.4, 0.5) is 0 Å². The Hall–Kier alpha value is -1.70. The topological polar surface area (TPSA) is 34.1 Å². The molecular weight excluding hydrogens is 212 g/mol. The van der Waals surface area contributed by atoms with Crippen molar-refractivity contribution in [3.05, 3.63) is 41.0 Å². The SMILES string of the molecule is O=CC1=C(c2ccccc2C=O)CCCCC1. The van der Waals surface area contributed by atoms with Gasteiger partial charge in [0.2, 0.25) is 0 Å². The van der Waals surface area contributed by atoms with E-state index in [2.05, 4.69) is 0 Å². The van der Waals surface area contributed by atoms with Crippen molar-refractivity contribution >= 4 is 18.1 Å². The summed E-state index contributed by atoms with van der Waals surface area (Å²) in [4.78, 5) is 22.2. The minimum Gasteiger partial charge on any atom is -0.298 e. The second-order valence-electron chi connectivity index (χ2n) is 4.39. The molecule has 0 saturated heterocycles. The van der Waals surface area contributed by atoms with Gasteiger partial charge in [-0.1, -0.05) is 30.7 Å². The lowest BCUT2D eigenvalue weighted by atomic mass is 9.93. The molecule has 0 bridgehead atoms. The molecule has 0 aliphatic heterocycles. The second-order valence-corrected chi connectivity index (χ2v) is 4.39. The maximum Gasteiger partial charge on any atom is 0.150 e. The molecule has 1 aliphatic carbocycles. The Bertz CT molecular complexity index is 458. The first kappa shape index (κ1) is 11.8. The van der Waals surface area contributed by atoms with Crippen LogP contribution < -0.4 is 0 Å². The third kappa shape index (κ3) is 2.52. The molecule has 0 heterocycles. The lowest BCUT2D eigenvalue weighted by Gasteiger charge is -2.10. The summed E-state index contributed by atoms with van der Waals surface area (Å²) in [6.07, 6.45) is 6.90. The fourth-order valence-corrected chi connectivity index (χ4v) is 2.42. The van der Waals surface area contributed by atoms with E-state index in [1.165, 1.54) is 0 Å². The van der Waals surface area contributed by atoms with Crippen LogP contribution in [0.1, 0.15) is 48.0 Å². The van der Waals surface area contributed by atoms with E-state index in [4.69, 9.17) is 0 Å². The van der Waals surface area contributed by atoms with E-state index in [-0.39, 0.29) is 0 Å². The minimum atomic E-state index is 0.684.